The number of carbonyl (C=O) groups excluding carboxylic acids is 2. The van der Waals surface area contributed by atoms with Crippen molar-refractivity contribution in [3.63, 3.8) is 0 Å². The van der Waals surface area contributed by atoms with Gasteiger partial charge in [-0.25, -0.2) is 0 Å². The maximum Gasteiger partial charge on any atom is 0.228 e. The molecule has 30 heavy (non-hydrogen) atoms. The van der Waals surface area contributed by atoms with E-state index in [0.29, 0.717) is 19.8 Å². The van der Waals surface area contributed by atoms with Gasteiger partial charge in [0.2, 0.25) is 11.8 Å². The number of nitrogens with zero attached hydrogens (tertiary/aromatic N) is 2. The highest BCUT2D eigenvalue weighted by Gasteiger charge is 2.40. The molecule has 2 atom stereocenters. The molecule has 2 saturated heterocycles. The summed E-state index contributed by atoms with van der Waals surface area (Å²) >= 11 is 0. The average molecular weight is 406 g/mol. The second-order valence-corrected chi connectivity index (χ2v) is 8.33. The molecular formula is C24H26N2O4. The predicted octanol–water partition coefficient (Wildman–Crippen LogP) is 3.48. The number of benzene rings is 2. The molecule has 0 bridgehead atoms. The van der Waals surface area contributed by atoms with Gasteiger partial charge >= 0.3 is 0 Å². The molecule has 3 aliphatic heterocycles. The zero-order valence-electron chi connectivity index (χ0n) is 17.2. The monoisotopic (exact) mass is 406 g/mol. The standard InChI is InChI=1S/C24H26N2O4/c1-16-4-7-19(8-5-16)26-15-18(14-23(26)27)24(28)25-10-2-3-20(25)17-6-9-21-22(13-17)30-12-11-29-21/h4-9,13,18,20H,2-3,10-12,14-15H2,1H3/t18-,20+/m1/s1. The first-order chi connectivity index (χ1) is 14.6. The fraction of sp³-hybridized carbons (Fsp3) is 0.417. The molecule has 2 amide bonds. The van der Waals surface area contributed by atoms with Crippen molar-refractivity contribution in [3.8, 4) is 11.5 Å². The Labute approximate surface area is 176 Å². The van der Waals surface area contributed by atoms with Gasteiger partial charge in [0, 0.05) is 25.2 Å². The summed E-state index contributed by atoms with van der Waals surface area (Å²) in [6.07, 6.45) is 2.16. The van der Waals surface area contributed by atoms with Crippen molar-refractivity contribution < 1.29 is 19.1 Å². The molecule has 3 aliphatic rings. The summed E-state index contributed by atoms with van der Waals surface area (Å²) < 4.78 is 11.3. The van der Waals surface area contributed by atoms with E-state index in [0.717, 1.165) is 47.7 Å². The molecule has 6 heteroatoms. The number of rotatable bonds is 3. The maximum atomic E-state index is 13.4. The normalized spacial score (nSPS) is 23.2. The Morgan fingerprint density at radius 2 is 1.80 bits per heavy atom. The van der Waals surface area contributed by atoms with Gasteiger partial charge in [0.15, 0.2) is 11.5 Å². The van der Waals surface area contributed by atoms with Crippen molar-refractivity contribution in [3.05, 3.63) is 53.6 Å². The Morgan fingerprint density at radius 3 is 2.60 bits per heavy atom. The fourth-order valence-corrected chi connectivity index (χ4v) is 4.73. The zero-order chi connectivity index (χ0) is 20.7. The molecule has 3 heterocycles. The van der Waals surface area contributed by atoms with Gasteiger partial charge < -0.3 is 19.3 Å². The topological polar surface area (TPSA) is 59.1 Å². The summed E-state index contributed by atoms with van der Waals surface area (Å²) in [4.78, 5) is 29.7. The van der Waals surface area contributed by atoms with Crippen molar-refractivity contribution >= 4 is 17.5 Å². The molecule has 0 aliphatic carbocycles. The number of fused-ring (bicyclic) bond motifs is 1. The van der Waals surface area contributed by atoms with Crippen molar-refractivity contribution in [2.24, 2.45) is 5.92 Å². The van der Waals surface area contributed by atoms with E-state index in [9.17, 15) is 9.59 Å². The van der Waals surface area contributed by atoms with E-state index >= 15 is 0 Å². The SMILES string of the molecule is Cc1ccc(N2C[C@H](C(=O)N3CCC[C@H]3c3ccc4c(c3)OCCO4)CC2=O)cc1. The zero-order valence-corrected chi connectivity index (χ0v) is 17.2. The van der Waals surface area contributed by atoms with Crippen LogP contribution < -0.4 is 14.4 Å². The van der Waals surface area contributed by atoms with Crippen molar-refractivity contribution in [2.45, 2.75) is 32.2 Å². The summed E-state index contributed by atoms with van der Waals surface area (Å²) in [6.45, 7) is 4.31. The van der Waals surface area contributed by atoms with Gasteiger partial charge in [0.25, 0.3) is 0 Å². The van der Waals surface area contributed by atoms with E-state index in [1.165, 1.54) is 0 Å². The highest BCUT2D eigenvalue weighted by atomic mass is 16.6. The molecule has 0 spiro atoms. The minimum atomic E-state index is -0.295. The highest BCUT2D eigenvalue weighted by molar-refractivity contribution is 6.00. The Balaban J connectivity index is 1.33. The minimum absolute atomic E-state index is 0.0206. The van der Waals surface area contributed by atoms with Crippen molar-refractivity contribution in [1.82, 2.24) is 4.90 Å². The first-order valence-electron chi connectivity index (χ1n) is 10.7. The smallest absolute Gasteiger partial charge is 0.228 e. The van der Waals surface area contributed by atoms with Gasteiger partial charge in [-0.2, -0.15) is 0 Å². The number of amides is 2. The number of aryl methyl sites for hydroxylation is 1. The van der Waals surface area contributed by atoms with Crippen LogP contribution in [0, 0.1) is 12.8 Å². The molecule has 2 aromatic rings. The minimum Gasteiger partial charge on any atom is -0.486 e. The molecule has 2 fully saturated rings. The largest absolute Gasteiger partial charge is 0.486 e. The van der Waals surface area contributed by atoms with Gasteiger partial charge in [0.05, 0.1) is 12.0 Å². The van der Waals surface area contributed by atoms with Gasteiger partial charge in [0.1, 0.15) is 13.2 Å². The Kier molecular flexibility index (Phi) is 4.85. The number of likely N-dealkylation sites (tertiary alicyclic amines) is 1. The van der Waals surface area contributed by atoms with Crippen LogP contribution >= 0.6 is 0 Å². The van der Waals surface area contributed by atoms with Gasteiger partial charge in [-0.05, 0) is 49.6 Å². The number of ether oxygens (including phenoxy) is 2. The lowest BCUT2D eigenvalue weighted by molar-refractivity contribution is -0.136. The number of anilines is 1. The van der Waals surface area contributed by atoms with Crippen LogP contribution in [0.3, 0.4) is 0 Å². The van der Waals surface area contributed by atoms with E-state index in [-0.39, 0.29) is 30.2 Å². The molecule has 0 saturated carbocycles. The second-order valence-electron chi connectivity index (χ2n) is 8.33. The van der Waals surface area contributed by atoms with Crippen LogP contribution in [-0.2, 0) is 9.59 Å². The van der Waals surface area contributed by atoms with E-state index in [1.807, 2.05) is 54.3 Å². The third-order valence-electron chi connectivity index (χ3n) is 6.31. The molecule has 6 nitrogen and oxygen atoms in total. The van der Waals surface area contributed by atoms with Crippen molar-refractivity contribution in [2.75, 3.05) is 31.2 Å². The maximum absolute atomic E-state index is 13.4. The summed E-state index contributed by atoms with van der Waals surface area (Å²) in [6, 6.07) is 13.9. The molecule has 5 rings (SSSR count). The van der Waals surface area contributed by atoms with Gasteiger partial charge in [-0.3, -0.25) is 9.59 Å². The Hall–Kier alpha value is -3.02. The van der Waals surface area contributed by atoms with Crippen LogP contribution in [0.25, 0.3) is 0 Å². The average Bonchev–Trinajstić information content (AvgIpc) is 3.41. The summed E-state index contributed by atoms with van der Waals surface area (Å²) in [5, 5.41) is 0. The first kappa shape index (κ1) is 19.0. The Morgan fingerprint density at radius 1 is 1.03 bits per heavy atom. The molecule has 0 radical (unpaired) electrons. The van der Waals surface area contributed by atoms with Gasteiger partial charge in [-0.15, -0.1) is 0 Å². The lowest BCUT2D eigenvalue weighted by Gasteiger charge is -2.28. The molecular weight excluding hydrogens is 380 g/mol. The van der Waals surface area contributed by atoms with E-state index in [4.69, 9.17) is 9.47 Å². The lowest BCUT2D eigenvalue weighted by Crippen LogP contribution is -2.37. The Bertz CT molecular complexity index is 972. The number of carbonyl (C=O) groups is 2. The first-order valence-corrected chi connectivity index (χ1v) is 10.7. The van der Waals surface area contributed by atoms with E-state index < -0.39 is 0 Å². The molecule has 156 valence electrons. The van der Waals surface area contributed by atoms with Crippen LogP contribution in [0.4, 0.5) is 5.69 Å². The molecule has 0 N–H and O–H groups in total. The van der Waals surface area contributed by atoms with E-state index in [2.05, 4.69) is 0 Å². The quantitative estimate of drug-likeness (QED) is 0.783. The lowest BCUT2D eigenvalue weighted by atomic mass is 10.0. The second kappa shape index (κ2) is 7.67. The predicted molar refractivity (Wildman–Crippen MR) is 113 cm³/mol. The molecule has 0 unspecified atom stereocenters. The van der Waals surface area contributed by atoms with Crippen molar-refractivity contribution in [1.29, 1.82) is 0 Å². The summed E-state index contributed by atoms with van der Waals surface area (Å²) in [7, 11) is 0. The van der Waals surface area contributed by atoms with E-state index in [1.54, 1.807) is 4.90 Å². The summed E-state index contributed by atoms with van der Waals surface area (Å²) in [5.41, 5.74) is 3.09. The molecule has 0 aromatic heterocycles. The number of hydrogen-bond donors (Lipinski definition) is 0. The highest BCUT2D eigenvalue weighted by Crippen LogP contribution is 2.39. The van der Waals surface area contributed by atoms with Crippen LogP contribution in [-0.4, -0.2) is 43.0 Å². The summed E-state index contributed by atoms with van der Waals surface area (Å²) in [5.74, 6) is 1.31. The third-order valence-corrected chi connectivity index (χ3v) is 6.31. The number of hydrogen-bond acceptors (Lipinski definition) is 4. The fourth-order valence-electron chi connectivity index (χ4n) is 4.73. The van der Waals surface area contributed by atoms with Gasteiger partial charge in [-0.1, -0.05) is 23.8 Å². The third kappa shape index (κ3) is 3.40. The van der Waals surface area contributed by atoms with Crippen LogP contribution in [0.15, 0.2) is 42.5 Å². The van der Waals surface area contributed by atoms with Crippen LogP contribution in [0.1, 0.15) is 36.4 Å². The van der Waals surface area contributed by atoms with Crippen LogP contribution in [0.2, 0.25) is 0 Å². The molecule has 2 aromatic carbocycles. The van der Waals surface area contributed by atoms with Crippen LogP contribution in [0.5, 0.6) is 11.5 Å².